The van der Waals surface area contributed by atoms with Crippen LogP contribution in [0, 0.1) is 0 Å². The summed E-state index contributed by atoms with van der Waals surface area (Å²) in [7, 11) is 0. The Hall–Kier alpha value is -0.610. The van der Waals surface area contributed by atoms with E-state index in [-0.39, 0.29) is 18.2 Å². The van der Waals surface area contributed by atoms with Crippen molar-refractivity contribution < 1.29 is 14.6 Å². The molecule has 0 amide bonds. The van der Waals surface area contributed by atoms with Crippen molar-refractivity contribution in [3.05, 3.63) is 0 Å². The quantitative estimate of drug-likeness (QED) is 0.769. The molecule has 0 saturated carbocycles. The minimum atomic E-state index is -0.775. The van der Waals surface area contributed by atoms with E-state index < -0.39 is 5.97 Å². The second-order valence-corrected chi connectivity index (χ2v) is 5.08. The molecule has 0 aromatic carbocycles. The normalized spacial score (nSPS) is 22.3. The maximum atomic E-state index is 10.7. The molecule has 1 fully saturated rings. The number of carboxylic acids is 1. The Bertz CT molecular complexity index is 216. The molecule has 0 aliphatic carbocycles. The van der Waals surface area contributed by atoms with Gasteiger partial charge in [-0.1, -0.05) is 0 Å². The van der Waals surface area contributed by atoms with Gasteiger partial charge < -0.3 is 9.84 Å². The predicted molar refractivity (Wildman–Crippen MR) is 57.9 cm³/mol. The number of carboxylic acid groups (broad SMARTS) is 1. The molecule has 0 radical (unpaired) electrons. The van der Waals surface area contributed by atoms with Crippen molar-refractivity contribution >= 4 is 5.97 Å². The molecule has 1 rings (SSSR count). The predicted octanol–water partition coefficient (Wildman–Crippen LogP) is 1.35. The standard InChI is InChI=1S/C11H21NO3/c1-11(2,3)12(8-10(13)14)7-9-5-4-6-15-9/h9H,4-8H2,1-3H3,(H,13,14). The minimum absolute atomic E-state index is 0.0867. The summed E-state index contributed by atoms with van der Waals surface area (Å²) in [5.74, 6) is -0.775. The van der Waals surface area contributed by atoms with Gasteiger partial charge in [0.15, 0.2) is 0 Å². The highest BCUT2D eigenvalue weighted by molar-refractivity contribution is 5.69. The van der Waals surface area contributed by atoms with Gasteiger partial charge in [-0.15, -0.1) is 0 Å². The van der Waals surface area contributed by atoms with E-state index in [0.717, 1.165) is 26.0 Å². The van der Waals surface area contributed by atoms with E-state index in [0.29, 0.717) is 0 Å². The molecule has 1 unspecified atom stereocenters. The number of hydrogen-bond donors (Lipinski definition) is 1. The number of rotatable bonds is 4. The van der Waals surface area contributed by atoms with Crippen molar-refractivity contribution in [2.24, 2.45) is 0 Å². The maximum Gasteiger partial charge on any atom is 0.317 e. The monoisotopic (exact) mass is 215 g/mol. The number of ether oxygens (including phenoxy) is 1. The molecule has 1 saturated heterocycles. The smallest absolute Gasteiger partial charge is 0.317 e. The Morgan fingerprint density at radius 3 is 2.60 bits per heavy atom. The fraction of sp³-hybridized carbons (Fsp3) is 0.909. The van der Waals surface area contributed by atoms with Gasteiger partial charge in [0.1, 0.15) is 0 Å². The second-order valence-electron chi connectivity index (χ2n) is 5.08. The molecule has 88 valence electrons. The molecule has 1 aliphatic heterocycles. The van der Waals surface area contributed by atoms with E-state index in [1.807, 2.05) is 25.7 Å². The maximum absolute atomic E-state index is 10.7. The zero-order valence-corrected chi connectivity index (χ0v) is 9.82. The molecule has 4 nitrogen and oxygen atoms in total. The summed E-state index contributed by atoms with van der Waals surface area (Å²) in [5, 5.41) is 8.84. The van der Waals surface area contributed by atoms with Crippen LogP contribution in [0.5, 0.6) is 0 Å². The summed E-state index contributed by atoms with van der Waals surface area (Å²) in [6.45, 7) is 7.72. The van der Waals surface area contributed by atoms with Crippen LogP contribution in [0.15, 0.2) is 0 Å². The summed E-state index contributed by atoms with van der Waals surface area (Å²) in [6, 6.07) is 0. The molecular formula is C11H21NO3. The summed E-state index contributed by atoms with van der Waals surface area (Å²) in [6.07, 6.45) is 2.35. The van der Waals surface area contributed by atoms with Crippen LogP contribution in [0.3, 0.4) is 0 Å². The first-order valence-electron chi connectivity index (χ1n) is 5.48. The van der Waals surface area contributed by atoms with Gasteiger partial charge in [0.05, 0.1) is 12.6 Å². The first kappa shape index (κ1) is 12.5. The number of aliphatic carboxylic acids is 1. The van der Waals surface area contributed by atoms with E-state index in [2.05, 4.69) is 0 Å². The third-order valence-electron chi connectivity index (χ3n) is 2.72. The minimum Gasteiger partial charge on any atom is -0.480 e. The van der Waals surface area contributed by atoms with Gasteiger partial charge in [0, 0.05) is 18.7 Å². The van der Waals surface area contributed by atoms with Gasteiger partial charge in [-0.3, -0.25) is 9.69 Å². The topological polar surface area (TPSA) is 49.8 Å². The molecule has 0 spiro atoms. The summed E-state index contributed by atoms with van der Waals surface area (Å²) in [4.78, 5) is 12.7. The average Bonchev–Trinajstić information content (AvgIpc) is 2.53. The molecule has 1 atom stereocenters. The van der Waals surface area contributed by atoms with Gasteiger partial charge in [0.25, 0.3) is 0 Å². The third kappa shape index (κ3) is 4.18. The van der Waals surface area contributed by atoms with Crippen LogP contribution in [0.4, 0.5) is 0 Å². The Morgan fingerprint density at radius 1 is 1.53 bits per heavy atom. The van der Waals surface area contributed by atoms with E-state index in [1.54, 1.807) is 0 Å². The summed E-state index contributed by atoms with van der Waals surface area (Å²) < 4.78 is 5.53. The molecule has 4 heteroatoms. The fourth-order valence-electron chi connectivity index (χ4n) is 1.77. The lowest BCUT2D eigenvalue weighted by Gasteiger charge is -2.35. The van der Waals surface area contributed by atoms with Crippen LogP contribution in [0.1, 0.15) is 33.6 Å². The molecule has 0 aromatic heterocycles. The van der Waals surface area contributed by atoms with E-state index in [1.165, 1.54) is 0 Å². The van der Waals surface area contributed by atoms with Gasteiger partial charge >= 0.3 is 5.97 Å². The molecule has 1 N–H and O–H groups in total. The number of hydrogen-bond acceptors (Lipinski definition) is 3. The van der Waals surface area contributed by atoms with Crippen molar-refractivity contribution in [3.8, 4) is 0 Å². The lowest BCUT2D eigenvalue weighted by Crippen LogP contribution is -2.47. The first-order valence-corrected chi connectivity index (χ1v) is 5.48. The van der Waals surface area contributed by atoms with Crippen LogP contribution >= 0.6 is 0 Å². The average molecular weight is 215 g/mol. The number of carbonyl (C=O) groups is 1. The van der Waals surface area contributed by atoms with Crippen LogP contribution in [0.2, 0.25) is 0 Å². The highest BCUT2D eigenvalue weighted by atomic mass is 16.5. The Balaban J connectivity index is 2.51. The molecule has 0 aromatic rings. The second kappa shape index (κ2) is 4.94. The summed E-state index contributed by atoms with van der Waals surface area (Å²) in [5.41, 5.74) is -0.121. The van der Waals surface area contributed by atoms with Gasteiger partial charge in [-0.25, -0.2) is 0 Å². The van der Waals surface area contributed by atoms with Gasteiger partial charge in [0.2, 0.25) is 0 Å². The van der Waals surface area contributed by atoms with Gasteiger partial charge in [-0.05, 0) is 33.6 Å². The van der Waals surface area contributed by atoms with E-state index in [4.69, 9.17) is 9.84 Å². The van der Waals surface area contributed by atoms with E-state index >= 15 is 0 Å². The van der Waals surface area contributed by atoms with Crippen LogP contribution in [0.25, 0.3) is 0 Å². The molecule has 0 bridgehead atoms. The highest BCUT2D eigenvalue weighted by Crippen LogP contribution is 2.19. The molecule has 1 heterocycles. The van der Waals surface area contributed by atoms with Crippen molar-refractivity contribution in [1.82, 2.24) is 4.90 Å². The van der Waals surface area contributed by atoms with Gasteiger partial charge in [-0.2, -0.15) is 0 Å². The lowest BCUT2D eigenvalue weighted by molar-refractivity contribution is -0.140. The SMILES string of the molecule is CC(C)(C)N(CC(=O)O)CC1CCCO1. The van der Waals surface area contributed by atoms with Crippen LogP contribution in [-0.2, 0) is 9.53 Å². The molecule has 15 heavy (non-hydrogen) atoms. The van der Waals surface area contributed by atoms with Crippen LogP contribution in [-0.4, -0.2) is 47.3 Å². The van der Waals surface area contributed by atoms with Crippen molar-refractivity contribution in [1.29, 1.82) is 0 Å². The summed E-state index contributed by atoms with van der Waals surface area (Å²) >= 11 is 0. The Labute approximate surface area is 91.2 Å². The van der Waals surface area contributed by atoms with Crippen LogP contribution < -0.4 is 0 Å². The molecular weight excluding hydrogens is 194 g/mol. The Morgan fingerprint density at radius 2 is 2.20 bits per heavy atom. The number of nitrogens with zero attached hydrogens (tertiary/aromatic N) is 1. The van der Waals surface area contributed by atoms with E-state index in [9.17, 15) is 4.79 Å². The van der Waals surface area contributed by atoms with Crippen molar-refractivity contribution in [3.63, 3.8) is 0 Å². The van der Waals surface area contributed by atoms with Crippen molar-refractivity contribution in [2.45, 2.75) is 45.3 Å². The van der Waals surface area contributed by atoms with Crippen molar-refractivity contribution in [2.75, 3.05) is 19.7 Å². The molecule has 1 aliphatic rings. The largest absolute Gasteiger partial charge is 0.480 e. The fourth-order valence-corrected chi connectivity index (χ4v) is 1.77. The zero-order chi connectivity index (χ0) is 11.5. The highest BCUT2D eigenvalue weighted by Gasteiger charge is 2.27. The third-order valence-corrected chi connectivity index (χ3v) is 2.72. The Kier molecular flexibility index (Phi) is 4.11. The zero-order valence-electron chi connectivity index (χ0n) is 9.82. The first-order chi connectivity index (χ1) is 6.89. The lowest BCUT2D eigenvalue weighted by atomic mass is 10.0.